The van der Waals surface area contributed by atoms with Crippen LogP contribution in [0.4, 0.5) is 0 Å². The fraction of sp³-hybridized carbons (Fsp3) is 0.364. The molecule has 150 valence electrons. The maximum atomic E-state index is 12.4. The molecule has 0 heterocycles. The quantitative estimate of drug-likeness (QED) is 0.678. The minimum absolute atomic E-state index is 0.0671. The highest BCUT2D eigenvalue weighted by molar-refractivity contribution is 5.97. The number of carbonyl (C=O) groups is 2. The molecular formula is C22H28N2O4. The first-order chi connectivity index (χ1) is 13.4. The highest BCUT2D eigenvalue weighted by atomic mass is 16.5. The van der Waals surface area contributed by atoms with Gasteiger partial charge in [-0.1, -0.05) is 44.2 Å². The van der Waals surface area contributed by atoms with Gasteiger partial charge >= 0.3 is 0 Å². The van der Waals surface area contributed by atoms with E-state index in [9.17, 15) is 9.59 Å². The molecule has 0 saturated carbocycles. The molecule has 6 nitrogen and oxygen atoms in total. The molecule has 0 saturated heterocycles. The molecule has 2 amide bonds. The Labute approximate surface area is 166 Å². The second kappa shape index (κ2) is 10.3. The first-order valence-corrected chi connectivity index (χ1v) is 9.49. The van der Waals surface area contributed by atoms with Gasteiger partial charge in [0.2, 0.25) is 0 Å². The SMILES string of the molecule is CCC(C)c1ccccc1OCC(=O)NNC(=O)c1ccccc1OC(C)C. The van der Waals surface area contributed by atoms with E-state index in [-0.39, 0.29) is 12.7 Å². The molecule has 0 fully saturated rings. The third-order valence-corrected chi connectivity index (χ3v) is 4.23. The van der Waals surface area contributed by atoms with E-state index >= 15 is 0 Å². The zero-order chi connectivity index (χ0) is 20.5. The molecule has 1 unspecified atom stereocenters. The summed E-state index contributed by atoms with van der Waals surface area (Å²) in [6.07, 6.45) is 0.906. The van der Waals surface area contributed by atoms with Gasteiger partial charge in [-0.25, -0.2) is 0 Å². The standard InChI is InChI=1S/C22H28N2O4/c1-5-16(4)17-10-6-8-12-19(17)27-14-21(25)23-24-22(26)18-11-7-9-13-20(18)28-15(2)3/h6-13,15-16H,5,14H2,1-4H3,(H,23,25)(H,24,26). The summed E-state index contributed by atoms with van der Waals surface area (Å²) in [5.74, 6) is 0.563. The number of nitrogens with one attached hydrogen (secondary N) is 2. The van der Waals surface area contributed by atoms with E-state index in [4.69, 9.17) is 9.47 Å². The van der Waals surface area contributed by atoms with Crippen molar-refractivity contribution in [3.8, 4) is 11.5 Å². The maximum absolute atomic E-state index is 12.4. The Morgan fingerprint density at radius 1 is 0.929 bits per heavy atom. The monoisotopic (exact) mass is 384 g/mol. The third kappa shape index (κ3) is 6.01. The lowest BCUT2D eigenvalue weighted by atomic mass is 9.98. The number of benzene rings is 2. The molecule has 0 aromatic heterocycles. The van der Waals surface area contributed by atoms with Gasteiger partial charge in [-0.05, 0) is 49.9 Å². The highest BCUT2D eigenvalue weighted by Gasteiger charge is 2.15. The van der Waals surface area contributed by atoms with Crippen LogP contribution < -0.4 is 20.3 Å². The molecule has 0 aliphatic heterocycles. The van der Waals surface area contributed by atoms with Gasteiger partial charge in [0, 0.05) is 0 Å². The number of hydrazine groups is 1. The fourth-order valence-corrected chi connectivity index (χ4v) is 2.62. The Bertz CT molecular complexity index is 805. The molecule has 0 radical (unpaired) electrons. The van der Waals surface area contributed by atoms with Gasteiger partial charge in [-0.3, -0.25) is 20.4 Å². The van der Waals surface area contributed by atoms with Crippen LogP contribution in [0, 0.1) is 0 Å². The van der Waals surface area contributed by atoms with Crippen LogP contribution in [0.25, 0.3) is 0 Å². The number of para-hydroxylation sites is 2. The van der Waals surface area contributed by atoms with Crippen molar-refractivity contribution in [1.29, 1.82) is 0 Å². The van der Waals surface area contributed by atoms with Crippen molar-refractivity contribution in [2.75, 3.05) is 6.61 Å². The molecular weight excluding hydrogens is 356 g/mol. The van der Waals surface area contributed by atoms with Crippen LogP contribution in [-0.4, -0.2) is 24.5 Å². The summed E-state index contributed by atoms with van der Waals surface area (Å²) >= 11 is 0. The Kier molecular flexibility index (Phi) is 7.87. The number of amides is 2. The van der Waals surface area contributed by atoms with Gasteiger partial charge in [0.05, 0.1) is 11.7 Å². The molecule has 28 heavy (non-hydrogen) atoms. The molecule has 2 rings (SSSR count). The van der Waals surface area contributed by atoms with Crippen LogP contribution in [-0.2, 0) is 4.79 Å². The van der Waals surface area contributed by atoms with E-state index in [2.05, 4.69) is 24.7 Å². The van der Waals surface area contributed by atoms with Crippen molar-refractivity contribution < 1.29 is 19.1 Å². The van der Waals surface area contributed by atoms with Gasteiger partial charge in [-0.15, -0.1) is 0 Å². The molecule has 2 N–H and O–H groups in total. The molecule has 2 aromatic rings. The fourth-order valence-electron chi connectivity index (χ4n) is 2.62. The summed E-state index contributed by atoms with van der Waals surface area (Å²) in [5.41, 5.74) is 6.18. The van der Waals surface area contributed by atoms with E-state index in [1.54, 1.807) is 24.3 Å². The Balaban J connectivity index is 1.91. The van der Waals surface area contributed by atoms with Crippen molar-refractivity contribution in [2.24, 2.45) is 0 Å². The number of rotatable bonds is 8. The van der Waals surface area contributed by atoms with Crippen LogP contribution >= 0.6 is 0 Å². The second-order valence-electron chi connectivity index (χ2n) is 6.80. The molecule has 0 bridgehead atoms. The van der Waals surface area contributed by atoms with Crippen molar-refractivity contribution in [3.63, 3.8) is 0 Å². The van der Waals surface area contributed by atoms with Crippen LogP contribution in [0.15, 0.2) is 48.5 Å². The molecule has 1 atom stereocenters. The van der Waals surface area contributed by atoms with Crippen molar-refractivity contribution >= 4 is 11.8 Å². The number of carbonyl (C=O) groups excluding carboxylic acids is 2. The van der Waals surface area contributed by atoms with Crippen molar-refractivity contribution in [2.45, 2.75) is 46.1 Å². The average Bonchev–Trinajstić information content (AvgIpc) is 2.70. The molecule has 6 heteroatoms. The number of hydrogen-bond acceptors (Lipinski definition) is 4. The lowest BCUT2D eigenvalue weighted by Gasteiger charge is -2.16. The summed E-state index contributed by atoms with van der Waals surface area (Å²) < 4.78 is 11.3. The van der Waals surface area contributed by atoms with Gasteiger partial charge in [0.1, 0.15) is 11.5 Å². The summed E-state index contributed by atoms with van der Waals surface area (Å²) in [6.45, 7) is 7.78. The van der Waals surface area contributed by atoms with Gasteiger partial charge in [-0.2, -0.15) is 0 Å². The van der Waals surface area contributed by atoms with Crippen molar-refractivity contribution in [3.05, 3.63) is 59.7 Å². The van der Waals surface area contributed by atoms with Gasteiger partial charge in [0.15, 0.2) is 6.61 Å². The predicted molar refractivity (Wildman–Crippen MR) is 108 cm³/mol. The minimum Gasteiger partial charge on any atom is -0.490 e. The van der Waals surface area contributed by atoms with Crippen LogP contribution in [0.3, 0.4) is 0 Å². The van der Waals surface area contributed by atoms with Crippen LogP contribution in [0.2, 0.25) is 0 Å². The van der Waals surface area contributed by atoms with E-state index in [0.717, 1.165) is 12.0 Å². The largest absolute Gasteiger partial charge is 0.490 e. The average molecular weight is 384 g/mol. The maximum Gasteiger partial charge on any atom is 0.276 e. The molecule has 0 aliphatic rings. The lowest BCUT2D eigenvalue weighted by molar-refractivity contribution is -0.123. The predicted octanol–water partition coefficient (Wildman–Crippen LogP) is 3.83. The summed E-state index contributed by atoms with van der Waals surface area (Å²) in [4.78, 5) is 24.4. The topological polar surface area (TPSA) is 76.7 Å². The summed E-state index contributed by atoms with van der Waals surface area (Å²) in [5, 5.41) is 0. The number of hydrogen-bond donors (Lipinski definition) is 2. The highest BCUT2D eigenvalue weighted by Crippen LogP contribution is 2.28. The zero-order valence-corrected chi connectivity index (χ0v) is 16.8. The van der Waals surface area contributed by atoms with E-state index in [1.807, 2.05) is 38.1 Å². The third-order valence-electron chi connectivity index (χ3n) is 4.23. The van der Waals surface area contributed by atoms with E-state index in [1.165, 1.54) is 0 Å². The Morgan fingerprint density at radius 3 is 2.25 bits per heavy atom. The summed E-state index contributed by atoms with van der Waals surface area (Å²) in [6, 6.07) is 14.5. The van der Waals surface area contributed by atoms with Crippen LogP contribution in [0.1, 0.15) is 56.0 Å². The second-order valence-corrected chi connectivity index (χ2v) is 6.80. The van der Waals surface area contributed by atoms with E-state index < -0.39 is 11.8 Å². The molecule has 0 spiro atoms. The Morgan fingerprint density at radius 2 is 1.57 bits per heavy atom. The van der Waals surface area contributed by atoms with Gasteiger partial charge in [0.25, 0.3) is 11.8 Å². The smallest absolute Gasteiger partial charge is 0.276 e. The normalized spacial score (nSPS) is 11.6. The molecule has 2 aromatic carbocycles. The molecule has 0 aliphatic carbocycles. The number of ether oxygens (including phenoxy) is 2. The summed E-state index contributed by atoms with van der Waals surface area (Å²) in [7, 11) is 0. The Hall–Kier alpha value is -3.02. The lowest BCUT2D eigenvalue weighted by Crippen LogP contribution is -2.44. The first kappa shape index (κ1) is 21.3. The zero-order valence-electron chi connectivity index (χ0n) is 16.8. The van der Waals surface area contributed by atoms with Crippen LogP contribution in [0.5, 0.6) is 11.5 Å². The van der Waals surface area contributed by atoms with Crippen molar-refractivity contribution in [1.82, 2.24) is 10.9 Å². The van der Waals surface area contributed by atoms with Gasteiger partial charge < -0.3 is 9.47 Å². The van der Waals surface area contributed by atoms with E-state index in [0.29, 0.717) is 23.0 Å². The first-order valence-electron chi connectivity index (χ1n) is 9.49. The minimum atomic E-state index is -0.454.